The third kappa shape index (κ3) is 2.16. The fourth-order valence-corrected chi connectivity index (χ4v) is 1.75. The molecule has 0 radical (unpaired) electrons. The van der Waals surface area contributed by atoms with Crippen LogP contribution in [-0.2, 0) is 0 Å². The van der Waals surface area contributed by atoms with Crippen molar-refractivity contribution in [3.63, 3.8) is 0 Å². The van der Waals surface area contributed by atoms with Crippen molar-refractivity contribution >= 4 is 0 Å². The SMILES string of the molecule is Cc1cccc(C)c1[C@@H](N)C(C)(C)C. The van der Waals surface area contributed by atoms with Gasteiger partial charge in [0.15, 0.2) is 0 Å². The molecular weight excluding hydrogens is 170 g/mol. The number of benzene rings is 1. The molecule has 0 saturated heterocycles. The Labute approximate surface area is 87.3 Å². The van der Waals surface area contributed by atoms with Crippen molar-refractivity contribution < 1.29 is 0 Å². The van der Waals surface area contributed by atoms with E-state index in [0.717, 1.165) is 0 Å². The first-order chi connectivity index (χ1) is 6.34. The maximum absolute atomic E-state index is 6.27. The van der Waals surface area contributed by atoms with E-state index in [1.54, 1.807) is 0 Å². The Balaban J connectivity index is 3.19. The third-order valence-corrected chi connectivity index (χ3v) is 2.79. The summed E-state index contributed by atoms with van der Waals surface area (Å²) in [5, 5.41) is 0. The topological polar surface area (TPSA) is 26.0 Å². The van der Waals surface area contributed by atoms with E-state index in [2.05, 4.69) is 52.8 Å². The van der Waals surface area contributed by atoms with Gasteiger partial charge in [0, 0.05) is 6.04 Å². The summed E-state index contributed by atoms with van der Waals surface area (Å²) < 4.78 is 0. The molecule has 0 bridgehead atoms. The molecule has 0 aromatic heterocycles. The Bertz CT molecular complexity index is 300. The molecule has 0 aliphatic carbocycles. The predicted octanol–water partition coefficient (Wildman–Crippen LogP) is 3.35. The fourth-order valence-electron chi connectivity index (χ4n) is 1.75. The molecule has 14 heavy (non-hydrogen) atoms. The van der Waals surface area contributed by atoms with Gasteiger partial charge in [0.2, 0.25) is 0 Å². The molecule has 1 atom stereocenters. The normalized spacial score (nSPS) is 14.1. The van der Waals surface area contributed by atoms with Crippen LogP contribution in [0.25, 0.3) is 0 Å². The Morgan fingerprint density at radius 2 is 1.50 bits per heavy atom. The minimum atomic E-state index is 0.115. The zero-order chi connectivity index (χ0) is 10.9. The minimum Gasteiger partial charge on any atom is -0.323 e. The summed E-state index contributed by atoms with van der Waals surface area (Å²) >= 11 is 0. The molecule has 0 spiro atoms. The summed E-state index contributed by atoms with van der Waals surface area (Å²) in [5.74, 6) is 0. The first kappa shape index (κ1) is 11.3. The van der Waals surface area contributed by atoms with Gasteiger partial charge in [-0.1, -0.05) is 39.0 Å². The van der Waals surface area contributed by atoms with Crippen LogP contribution in [-0.4, -0.2) is 0 Å². The van der Waals surface area contributed by atoms with Crippen molar-refractivity contribution in [3.05, 3.63) is 34.9 Å². The highest BCUT2D eigenvalue weighted by molar-refractivity contribution is 5.36. The van der Waals surface area contributed by atoms with E-state index in [1.165, 1.54) is 16.7 Å². The molecule has 0 heterocycles. The highest BCUT2D eigenvalue weighted by atomic mass is 14.7. The van der Waals surface area contributed by atoms with E-state index in [1.807, 2.05) is 0 Å². The molecule has 0 unspecified atom stereocenters. The first-order valence-electron chi connectivity index (χ1n) is 5.15. The summed E-state index contributed by atoms with van der Waals surface area (Å²) in [6.07, 6.45) is 0. The highest BCUT2D eigenvalue weighted by Crippen LogP contribution is 2.33. The molecule has 1 heteroatoms. The third-order valence-electron chi connectivity index (χ3n) is 2.79. The van der Waals surface area contributed by atoms with Crippen molar-refractivity contribution in [2.24, 2.45) is 11.1 Å². The van der Waals surface area contributed by atoms with Crippen LogP contribution in [0.4, 0.5) is 0 Å². The Hall–Kier alpha value is -0.820. The second kappa shape index (κ2) is 3.74. The van der Waals surface area contributed by atoms with Gasteiger partial charge < -0.3 is 5.73 Å². The monoisotopic (exact) mass is 191 g/mol. The van der Waals surface area contributed by atoms with Crippen LogP contribution in [0.3, 0.4) is 0 Å². The van der Waals surface area contributed by atoms with Crippen molar-refractivity contribution in [2.45, 2.75) is 40.7 Å². The van der Waals surface area contributed by atoms with Gasteiger partial charge in [-0.15, -0.1) is 0 Å². The van der Waals surface area contributed by atoms with Crippen LogP contribution in [0.2, 0.25) is 0 Å². The predicted molar refractivity (Wildman–Crippen MR) is 62.3 cm³/mol. The first-order valence-corrected chi connectivity index (χ1v) is 5.15. The average Bonchev–Trinajstić information content (AvgIpc) is 2.01. The molecule has 0 aliphatic rings. The molecule has 1 rings (SSSR count). The molecule has 0 fully saturated rings. The molecule has 2 N–H and O–H groups in total. The van der Waals surface area contributed by atoms with Crippen LogP contribution in [0.15, 0.2) is 18.2 Å². The smallest absolute Gasteiger partial charge is 0.0349 e. The molecule has 0 saturated carbocycles. The zero-order valence-corrected chi connectivity index (χ0v) is 9.89. The van der Waals surface area contributed by atoms with Gasteiger partial charge in [-0.2, -0.15) is 0 Å². The van der Waals surface area contributed by atoms with Crippen LogP contribution in [0.1, 0.15) is 43.5 Å². The Kier molecular flexibility index (Phi) is 3.01. The van der Waals surface area contributed by atoms with Crippen molar-refractivity contribution in [1.82, 2.24) is 0 Å². The number of hydrogen-bond acceptors (Lipinski definition) is 1. The van der Waals surface area contributed by atoms with Gasteiger partial charge in [-0.3, -0.25) is 0 Å². The number of nitrogens with two attached hydrogens (primary N) is 1. The zero-order valence-electron chi connectivity index (χ0n) is 9.89. The fraction of sp³-hybridized carbons (Fsp3) is 0.538. The molecular formula is C13H21N. The van der Waals surface area contributed by atoms with Gasteiger partial charge in [0.05, 0.1) is 0 Å². The molecule has 0 aliphatic heterocycles. The maximum Gasteiger partial charge on any atom is 0.0349 e. The lowest BCUT2D eigenvalue weighted by Gasteiger charge is -2.30. The summed E-state index contributed by atoms with van der Waals surface area (Å²) in [4.78, 5) is 0. The van der Waals surface area contributed by atoms with Crippen LogP contribution >= 0.6 is 0 Å². The molecule has 0 amide bonds. The van der Waals surface area contributed by atoms with Crippen LogP contribution in [0.5, 0.6) is 0 Å². The second-order valence-electron chi connectivity index (χ2n) is 5.15. The standard InChI is InChI=1S/C13H21N/c1-9-7-6-8-10(2)11(9)12(14)13(3,4)5/h6-8,12H,14H2,1-5H3/t12-/m1/s1. The Morgan fingerprint density at radius 3 is 1.86 bits per heavy atom. The molecule has 1 nitrogen and oxygen atoms in total. The number of hydrogen-bond donors (Lipinski definition) is 1. The quantitative estimate of drug-likeness (QED) is 0.723. The van der Waals surface area contributed by atoms with E-state index < -0.39 is 0 Å². The largest absolute Gasteiger partial charge is 0.323 e. The Morgan fingerprint density at radius 1 is 1.07 bits per heavy atom. The summed E-state index contributed by atoms with van der Waals surface area (Å²) in [7, 11) is 0. The van der Waals surface area contributed by atoms with Gasteiger partial charge in [0.1, 0.15) is 0 Å². The van der Waals surface area contributed by atoms with Crippen molar-refractivity contribution in [3.8, 4) is 0 Å². The molecule has 1 aromatic rings. The summed E-state index contributed by atoms with van der Waals surface area (Å²) in [5.41, 5.74) is 10.3. The van der Waals surface area contributed by atoms with E-state index in [-0.39, 0.29) is 11.5 Å². The highest BCUT2D eigenvalue weighted by Gasteiger charge is 2.24. The lowest BCUT2D eigenvalue weighted by atomic mass is 9.80. The average molecular weight is 191 g/mol. The summed E-state index contributed by atoms with van der Waals surface area (Å²) in [6.45, 7) is 10.8. The van der Waals surface area contributed by atoms with Crippen molar-refractivity contribution in [2.75, 3.05) is 0 Å². The van der Waals surface area contributed by atoms with E-state index >= 15 is 0 Å². The second-order valence-corrected chi connectivity index (χ2v) is 5.15. The van der Waals surface area contributed by atoms with E-state index in [4.69, 9.17) is 5.73 Å². The lowest BCUT2D eigenvalue weighted by molar-refractivity contribution is 0.325. The number of aryl methyl sites for hydroxylation is 2. The van der Waals surface area contributed by atoms with Gasteiger partial charge in [-0.25, -0.2) is 0 Å². The van der Waals surface area contributed by atoms with Crippen LogP contribution < -0.4 is 5.73 Å². The molecule has 1 aromatic carbocycles. The minimum absolute atomic E-state index is 0.115. The lowest BCUT2D eigenvalue weighted by Crippen LogP contribution is -2.27. The maximum atomic E-state index is 6.27. The summed E-state index contributed by atoms with van der Waals surface area (Å²) in [6, 6.07) is 6.47. The van der Waals surface area contributed by atoms with E-state index in [0.29, 0.717) is 0 Å². The number of rotatable bonds is 1. The van der Waals surface area contributed by atoms with E-state index in [9.17, 15) is 0 Å². The van der Waals surface area contributed by atoms with Gasteiger partial charge in [0.25, 0.3) is 0 Å². The van der Waals surface area contributed by atoms with Gasteiger partial charge in [-0.05, 0) is 36.0 Å². The molecule has 78 valence electrons. The van der Waals surface area contributed by atoms with Gasteiger partial charge >= 0.3 is 0 Å². The van der Waals surface area contributed by atoms with Crippen molar-refractivity contribution in [1.29, 1.82) is 0 Å². The van der Waals surface area contributed by atoms with Crippen LogP contribution in [0, 0.1) is 19.3 Å².